The van der Waals surface area contributed by atoms with Gasteiger partial charge < -0.3 is 15.3 Å². The summed E-state index contributed by atoms with van der Waals surface area (Å²) in [4.78, 5) is 0. The van der Waals surface area contributed by atoms with Crippen molar-refractivity contribution in [3.63, 3.8) is 0 Å². The Balaban J connectivity index is 1.55. The molecular formula is C23H38O3. The van der Waals surface area contributed by atoms with Gasteiger partial charge in [0.1, 0.15) is 0 Å². The minimum absolute atomic E-state index is 0.0321. The number of rotatable bonds is 0. The first-order valence-electron chi connectivity index (χ1n) is 11.1. The number of aliphatic hydroxyl groups excluding tert-OH is 1. The van der Waals surface area contributed by atoms with Crippen LogP contribution in [0.4, 0.5) is 0 Å². The third-order valence-electron chi connectivity index (χ3n) is 11.2. The van der Waals surface area contributed by atoms with E-state index in [1.807, 2.05) is 0 Å². The summed E-state index contributed by atoms with van der Waals surface area (Å²) in [5.41, 5.74) is -1.12. The van der Waals surface area contributed by atoms with E-state index in [4.69, 9.17) is 0 Å². The summed E-state index contributed by atoms with van der Waals surface area (Å²) in [6, 6.07) is 0. The highest BCUT2D eigenvalue weighted by atomic mass is 16.3. The summed E-state index contributed by atoms with van der Waals surface area (Å²) in [6.45, 7) is 9.06. The van der Waals surface area contributed by atoms with Crippen LogP contribution in [-0.4, -0.2) is 32.6 Å². The van der Waals surface area contributed by atoms with Crippen molar-refractivity contribution >= 4 is 0 Å². The van der Waals surface area contributed by atoms with Gasteiger partial charge in [0.25, 0.3) is 0 Å². The van der Waals surface area contributed by atoms with Gasteiger partial charge in [-0.15, -0.1) is 0 Å². The number of fused-ring (bicyclic) bond motifs is 5. The second-order valence-electron chi connectivity index (χ2n) is 11.8. The molecule has 5 aliphatic carbocycles. The Labute approximate surface area is 158 Å². The van der Waals surface area contributed by atoms with Crippen LogP contribution in [0.25, 0.3) is 0 Å². The van der Waals surface area contributed by atoms with Gasteiger partial charge in [-0.3, -0.25) is 0 Å². The summed E-state index contributed by atoms with van der Waals surface area (Å²) < 4.78 is 0. The van der Waals surface area contributed by atoms with Gasteiger partial charge in [-0.25, -0.2) is 0 Å². The van der Waals surface area contributed by atoms with Crippen LogP contribution < -0.4 is 0 Å². The van der Waals surface area contributed by atoms with Crippen molar-refractivity contribution in [1.29, 1.82) is 0 Å². The lowest BCUT2D eigenvalue weighted by atomic mass is 9.41. The highest BCUT2D eigenvalue weighted by Gasteiger charge is 2.75. The highest BCUT2D eigenvalue weighted by Crippen LogP contribution is 2.78. The van der Waals surface area contributed by atoms with Crippen LogP contribution in [0, 0.1) is 39.9 Å². The standard InChI is InChI=1S/C23H38O3/c1-14-11-16-17(20(3)7-5-15(24)12-23(14,20)26)6-8-19(2)18(16)13-22(9-10-22)21(19,4)25/h14-18,24-26H,5-13H2,1-4H3. The smallest absolute Gasteiger partial charge is 0.0753 e. The van der Waals surface area contributed by atoms with Gasteiger partial charge in [0.05, 0.1) is 17.3 Å². The predicted octanol–water partition coefficient (Wildman–Crippen LogP) is 3.89. The van der Waals surface area contributed by atoms with Crippen LogP contribution in [0.1, 0.15) is 85.5 Å². The van der Waals surface area contributed by atoms with E-state index in [0.29, 0.717) is 24.2 Å². The molecule has 0 aromatic carbocycles. The Kier molecular flexibility index (Phi) is 3.37. The zero-order valence-corrected chi connectivity index (χ0v) is 17.1. The van der Waals surface area contributed by atoms with E-state index < -0.39 is 11.2 Å². The largest absolute Gasteiger partial charge is 0.393 e. The van der Waals surface area contributed by atoms with Crippen LogP contribution in [0.5, 0.6) is 0 Å². The molecule has 3 N–H and O–H groups in total. The molecular weight excluding hydrogens is 324 g/mol. The molecule has 9 atom stereocenters. The molecule has 5 aliphatic rings. The molecule has 26 heavy (non-hydrogen) atoms. The van der Waals surface area contributed by atoms with E-state index in [9.17, 15) is 15.3 Å². The van der Waals surface area contributed by atoms with Crippen molar-refractivity contribution in [1.82, 2.24) is 0 Å². The topological polar surface area (TPSA) is 60.7 Å². The Morgan fingerprint density at radius 2 is 1.46 bits per heavy atom. The van der Waals surface area contributed by atoms with E-state index >= 15 is 0 Å². The minimum Gasteiger partial charge on any atom is -0.393 e. The highest BCUT2D eigenvalue weighted by molar-refractivity contribution is 5.25. The Hall–Kier alpha value is -0.120. The van der Waals surface area contributed by atoms with Crippen molar-refractivity contribution < 1.29 is 15.3 Å². The molecule has 3 nitrogen and oxygen atoms in total. The second-order valence-corrected chi connectivity index (χ2v) is 11.8. The van der Waals surface area contributed by atoms with Crippen molar-refractivity contribution in [2.75, 3.05) is 0 Å². The Morgan fingerprint density at radius 3 is 2.12 bits per heavy atom. The monoisotopic (exact) mass is 362 g/mol. The molecule has 5 rings (SSSR count). The fraction of sp³-hybridized carbons (Fsp3) is 1.00. The average Bonchev–Trinajstić information content (AvgIpc) is 3.32. The lowest BCUT2D eigenvalue weighted by Crippen LogP contribution is -2.66. The van der Waals surface area contributed by atoms with Gasteiger partial charge in [-0.1, -0.05) is 20.8 Å². The van der Waals surface area contributed by atoms with Crippen LogP contribution in [-0.2, 0) is 0 Å². The maximum Gasteiger partial charge on any atom is 0.0753 e. The summed E-state index contributed by atoms with van der Waals surface area (Å²) in [6.07, 6.45) is 8.87. The third kappa shape index (κ3) is 1.78. The van der Waals surface area contributed by atoms with Crippen LogP contribution in [0.2, 0.25) is 0 Å². The SMILES string of the molecule is CC1CC2C(CCC3(C)C2CC2(CC2)C3(C)O)C2(C)CCC(O)CC12O. The van der Waals surface area contributed by atoms with Gasteiger partial charge in [-0.2, -0.15) is 0 Å². The van der Waals surface area contributed by atoms with Gasteiger partial charge >= 0.3 is 0 Å². The summed E-state index contributed by atoms with van der Waals surface area (Å²) in [5.74, 6) is 1.98. The minimum atomic E-state index is -0.724. The Bertz CT molecular complexity index is 625. The molecule has 0 aromatic rings. The molecule has 0 amide bonds. The molecule has 9 unspecified atom stereocenters. The summed E-state index contributed by atoms with van der Waals surface area (Å²) in [5, 5.41) is 33.6. The maximum atomic E-state index is 11.7. The molecule has 5 saturated carbocycles. The zero-order valence-electron chi connectivity index (χ0n) is 17.1. The lowest BCUT2D eigenvalue weighted by Gasteiger charge is -2.66. The summed E-state index contributed by atoms with van der Waals surface area (Å²) in [7, 11) is 0. The fourth-order valence-electron chi connectivity index (χ4n) is 9.03. The molecule has 0 heterocycles. The molecule has 1 spiro atoms. The molecule has 0 bridgehead atoms. The van der Waals surface area contributed by atoms with Crippen molar-refractivity contribution in [3.8, 4) is 0 Å². The predicted molar refractivity (Wildman–Crippen MR) is 101 cm³/mol. The summed E-state index contributed by atoms with van der Waals surface area (Å²) >= 11 is 0. The first-order chi connectivity index (χ1) is 12.0. The van der Waals surface area contributed by atoms with E-state index in [-0.39, 0.29) is 28.3 Å². The van der Waals surface area contributed by atoms with Gasteiger partial charge in [0.15, 0.2) is 0 Å². The van der Waals surface area contributed by atoms with Crippen molar-refractivity contribution in [3.05, 3.63) is 0 Å². The van der Waals surface area contributed by atoms with Crippen LogP contribution in [0.15, 0.2) is 0 Å². The fourth-order valence-corrected chi connectivity index (χ4v) is 9.03. The van der Waals surface area contributed by atoms with Gasteiger partial charge in [0.2, 0.25) is 0 Å². The van der Waals surface area contributed by atoms with E-state index in [1.165, 1.54) is 19.3 Å². The molecule has 3 heteroatoms. The van der Waals surface area contributed by atoms with Crippen molar-refractivity contribution in [2.45, 2.75) is 103 Å². The molecule has 0 saturated heterocycles. The van der Waals surface area contributed by atoms with Crippen LogP contribution >= 0.6 is 0 Å². The lowest BCUT2D eigenvalue weighted by molar-refractivity contribution is -0.249. The molecule has 0 aliphatic heterocycles. The maximum absolute atomic E-state index is 11.7. The van der Waals surface area contributed by atoms with E-state index in [0.717, 1.165) is 32.1 Å². The molecule has 0 aromatic heterocycles. The molecule has 5 fully saturated rings. The van der Waals surface area contributed by atoms with Crippen molar-refractivity contribution in [2.24, 2.45) is 39.9 Å². The quantitative estimate of drug-likeness (QED) is 0.613. The van der Waals surface area contributed by atoms with Crippen LogP contribution in [0.3, 0.4) is 0 Å². The van der Waals surface area contributed by atoms with Gasteiger partial charge in [-0.05, 0) is 98.2 Å². The van der Waals surface area contributed by atoms with Gasteiger partial charge in [0, 0.05) is 6.42 Å². The first kappa shape index (κ1) is 17.9. The normalized spacial score (nSPS) is 63.1. The Morgan fingerprint density at radius 1 is 0.808 bits per heavy atom. The molecule has 148 valence electrons. The number of hydrogen-bond donors (Lipinski definition) is 3. The molecule has 0 radical (unpaired) electrons. The number of aliphatic hydroxyl groups is 3. The first-order valence-corrected chi connectivity index (χ1v) is 11.1. The van der Waals surface area contributed by atoms with E-state index in [2.05, 4.69) is 27.7 Å². The third-order valence-corrected chi connectivity index (χ3v) is 11.2. The number of hydrogen-bond acceptors (Lipinski definition) is 3. The van der Waals surface area contributed by atoms with E-state index in [1.54, 1.807) is 0 Å². The zero-order chi connectivity index (χ0) is 18.8. The average molecular weight is 363 g/mol. The second kappa shape index (κ2) is 4.89.